The number of nitroso groups, excluding NO2 is 1. The Bertz CT molecular complexity index is 87.7. The number of hydrogen-bond donors (Lipinski definition) is 1. The molecule has 1 aliphatic rings. The molecule has 0 saturated heterocycles. The first-order chi connectivity index (χ1) is 3.27. The molecule has 0 aromatic heterocycles. The second-order valence-corrected chi connectivity index (χ2v) is 2.01. The van der Waals surface area contributed by atoms with Gasteiger partial charge in [-0.25, -0.2) is 0 Å². The number of nitrogens with zero attached hydrogens (tertiary/aromatic N) is 1. The average molecular weight is 101 g/mol. The summed E-state index contributed by atoms with van der Waals surface area (Å²) in [6, 6.07) is 0. The molecule has 0 radical (unpaired) electrons. The Hall–Kier alpha value is -0.440. The van der Waals surface area contributed by atoms with E-state index in [0.29, 0.717) is 0 Å². The van der Waals surface area contributed by atoms with E-state index in [1.807, 2.05) is 0 Å². The monoisotopic (exact) mass is 101 g/mol. The van der Waals surface area contributed by atoms with Gasteiger partial charge >= 0.3 is 0 Å². The lowest BCUT2D eigenvalue weighted by Gasteiger charge is -1.94. The number of rotatable bonds is 2. The summed E-state index contributed by atoms with van der Waals surface area (Å²) in [5.74, 6) is 0. The second kappa shape index (κ2) is 1.26. The first-order valence-electron chi connectivity index (χ1n) is 2.28. The molecule has 0 aromatic rings. The van der Waals surface area contributed by atoms with Crippen LogP contribution in [0.1, 0.15) is 12.8 Å². The van der Waals surface area contributed by atoms with E-state index >= 15 is 0 Å². The van der Waals surface area contributed by atoms with Gasteiger partial charge in [-0.3, -0.25) is 0 Å². The van der Waals surface area contributed by atoms with E-state index in [1.165, 1.54) is 0 Å². The van der Waals surface area contributed by atoms with Crippen molar-refractivity contribution in [1.29, 1.82) is 0 Å². The summed E-state index contributed by atoms with van der Waals surface area (Å²) < 4.78 is 0. The van der Waals surface area contributed by atoms with Crippen molar-refractivity contribution in [2.24, 2.45) is 5.18 Å². The molecule has 0 spiro atoms. The highest BCUT2D eigenvalue weighted by Crippen LogP contribution is 2.34. The van der Waals surface area contributed by atoms with E-state index in [9.17, 15) is 4.91 Å². The van der Waals surface area contributed by atoms with Crippen molar-refractivity contribution in [2.45, 2.75) is 18.4 Å². The van der Waals surface area contributed by atoms with Gasteiger partial charge in [0.1, 0.15) is 6.54 Å². The Kier molecular flexibility index (Phi) is 0.852. The van der Waals surface area contributed by atoms with Crippen LogP contribution in [0.5, 0.6) is 0 Å². The lowest BCUT2D eigenvalue weighted by molar-refractivity contribution is 0.159. The second-order valence-electron chi connectivity index (χ2n) is 2.01. The van der Waals surface area contributed by atoms with Crippen molar-refractivity contribution >= 4 is 0 Å². The van der Waals surface area contributed by atoms with Gasteiger partial charge < -0.3 is 5.11 Å². The van der Waals surface area contributed by atoms with Crippen LogP contribution in [0.25, 0.3) is 0 Å². The van der Waals surface area contributed by atoms with E-state index in [2.05, 4.69) is 5.18 Å². The predicted molar refractivity (Wildman–Crippen MR) is 24.8 cm³/mol. The van der Waals surface area contributed by atoms with Crippen LogP contribution in [0, 0.1) is 4.91 Å². The smallest absolute Gasteiger partial charge is 0.110 e. The van der Waals surface area contributed by atoms with Gasteiger partial charge in [0.2, 0.25) is 0 Å². The van der Waals surface area contributed by atoms with Crippen molar-refractivity contribution in [3.05, 3.63) is 4.91 Å². The molecule has 0 atom stereocenters. The maximum Gasteiger partial charge on any atom is 0.110 e. The van der Waals surface area contributed by atoms with E-state index in [4.69, 9.17) is 5.11 Å². The Labute approximate surface area is 41.3 Å². The molecule has 40 valence electrons. The largest absolute Gasteiger partial charge is 0.388 e. The van der Waals surface area contributed by atoms with Gasteiger partial charge in [0.05, 0.1) is 5.60 Å². The Balaban J connectivity index is 2.25. The fourth-order valence-corrected chi connectivity index (χ4v) is 0.423. The first-order valence-corrected chi connectivity index (χ1v) is 2.28. The highest BCUT2D eigenvalue weighted by molar-refractivity contribution is 4.94. The van der Waals surface area contributed by atoms with E-state index in [0.717, 1.165) is 12.8 Å². The molecular weight excluding hydrogens is 94.0 g/mol. The molecule has 1 aliphatic carbocycles. The summed E-state index contributed by atoms with van der Waals surface area (Å²) in [5, 5.41) is 11.4. The molecule has 0 amide bonds. The topological polar surface area (TPSA) is 49.7 Å². The SMILES string of the molecule is O=NCC1(O)CC1. The van der Waals surface area contributed by atoms with Gasteiger partial charge in [-0.05, 0) is 12.8 Å². The molecule has 0 unspecified atom stereocenters. The minimum Gasteiger partial charge on any atom is -0.388 e. The third kappa shape index (κ3) is 0.962. The summed E-state index contributed by atoms with van der Waals surface area (Å²) in [5.41, 5.74) is -0.679. The Morgan fingerprint density at radius 3 is 2.43 bits per heavy atom. The van der Waals surface area contributed by atoms with Gasteiger partial charge in [0, 0.05) is 0 Å². The molecule has 0 heterocycles. The number of aliphatic hydroxyl groups is 1. The van der Waals surface area contributed by atoms with Crippen LogP contribution in [0.15, 0.2) is 5.18 Å². The summed E-state index contributed by atoms with van der Waals surface area (Å²) in [6.45, 7) is 0.0764. The third-order valence-electron chi connectivity index (χ3n) is 1.19. The standard InChI is InChI=1S/C4H7NO2/c6-4(1-2-4)3-5-7/h6H,1-3H2. The highest BCUT2D eigenvalue weighted by atomic mass is 16.3. The van der Waals surface area contributed by atoms with Crippen LogP contribution < -0.4 is 0 Å². The predicted octanol–water partition coefficient (Wildman–Crippen LogP) is 0.278. The first kappa shape index (κ1) is 4.71. The summed E-state index contributed by atoms with van der Waals surface area (Å²) in [4.78, 5) is 9.45. The van der Waals surface area contributed by atoms with Crippen molar-refractivity contribution in [2.75, 3.05) is 6.54 Å². The van der Waals surface area contributed by atoms with Crippen molar-refractivity contribution in [3.8, 4) is 0 Å². The maximum absolute atomic E-state index is 9.45. The zero-order chi connectivity index (χ0) is 5.33. The molecule has 3 nitrogen and oxygen atoms in total. The number of hydrogen-bond acceptors (Lipinski definition) is 3. The molecule has 7 heavy (non-hydrogen) atoms. The van der Waals surface area contributed by atoms with Crippen LogP contribution in [0.4, 0.5) is 0 Å². The lowest BCUT2D eigenvalue weighted by atomic mass is 10.4. The molecule has 1 rings (SSSR count). The molecule has 3 heteroatoms. The van der Waals surface area contributed by atoms with Crippen LogP contribution in [-0.2, 0) is 0 Å². The van der Waals surface area contributed by atoms with Gasteiger partial charge in [0.15, 0.2) is 0 Å². The normalized spacial score (nSPS) is 24.1. The van der Waals surface area contributed by atoms with Gasteiger partial charge in [-0.2, -0.15) is 4.91 Å². The van der Waals surface area contributed by atoms with E-state index < -0.39 is 5.60 Å². The molecule has 0 aliphatic heterocycles. The van der Waals surface area contributed by atoms with Crippen LogP contribution in [0.2, 0.25) is 0 Å². The Morgan fingerprint density at radius 2 is 2.29 bits per heavy atom. The Morgan fingerprint density at radius 1 is 1.71 bits per heavy atom. The fourth-order valence-electron chi connectivity index (χ4n) is 0.423. The zero-order valence-electron chi connectivity index (χ0n) is 3.92. The van der Waals surface area contributed by atoms with Gasteiger partial charge in [-0.1, -0.05) is 5.18 Å². The zero-order valence-corrected chi connectivity index (χ0v) is 3.92. The molecule has 0 aromatic carbocycles. The quantitative estimate of drug-likeness (QED) is 0.508. The van der Waals surface area contributed by atoms with Gasteiger partial charge in [-0.15, -0.1) is 0 Å². The highest BCUT2D eigenvalue weighted by Gasteiger charge is 2.40. The van der Waals surface area contributed by atoms with Crippen molar-refractivity contribution < 1.29 is 5.11 Å². The van der Waals surface area contributed by atoms with Gasteiger partial charge in [0.25, 0.3) is 0 Å². The van der Waals surface area contributed by atoms with E-state index in [-0.39, 0.29) is 6.54 Å². The molecule has 0 bridgehead atoms. The summed E-state index contributed by atoms with van der Waals surface area (Å²) in [6.07, 6.45) is 1.50. The van der Waals surface area contributed by atoms with Crippen LogP contribution in [-0.4, -0.2) is 17.3 Å². The summed E-state index contributed by atoms with van der Waals surface area (Å²) >= 11 is 0. The summed E-state index contributed by atoms with van der Waals surface area (Å²) in [7, 11) is 0. The van der Waals surface area contributed by atoms with E-state index in [1.54, 1.807) is 0 Å². The van der Waals surface area contributed by atoms with Crippen LogP contribution in [0.3, 0.4) is 0 Å². The molecule has 1 fully saturated rings. The molecule has 1 saturated carbocycles. The maximum atomic E-state index is 9.45. The molecule has 1 N–H and O–H groups in total. The lowest BCUT2D eigenvalue weighted by Crippen LogP contribution is -2.09. The van der Waals surface area contributed by atoms with Crippen molar-refractivity contribution in [3.63, 3.8) is 0 Å². The van der Waals surface area contributed by atoms with Crippen molar-refractivity contribution in [1.82, 2.24) is 0 Å². The van der Waals surface area contributed by atoms with Crippen LogP contribution >= 0.6 is 0 Å². The fraction of sp³-hybridized carbons (Fsp3) is 1.00. The minimum atomic E-state index is -0.679. The third-order valence-corrected chi connectivity index (χ3v) is 1.19. The molecular formula is C4H7NO2. The minimum absolute atomic E-state index is 0.0764. The average Bonchev–Trinajstić information content (AvgIpc) is 2.22.